The minimum absolute atomic E-state index is 0.0777. The zero-order valence-corrected chi connectivity index (χ0v) is 15.5. The lowest BCUT2D eigenvalue weighted by molar-refractivity contribution is 0.0994. The van der Waals surface area contributed by atoms with E-state index in [1.54, 1.807) is 18.1 Å². The zero-order valence-electron chi connectivity index (χ0n) is 14.7. The lowest BCUT2D eigenvalue weighted by atomic mass is 9.93. The van der Waals surface area contributed by atoms with E-state index in [2.05, 4.69) is 30.7 Å². The molecule has 0 spiro atoms. The van der Waals surface area contributed by atoms with Gasteiger partial charge < -0.3 is 4.57 Å². The van der Waals surface area contributed by atoms with Crippen LogP contribution in [0.4, 0.5) is 5.95 Å². The first-order valence-electron chi connectivity index (χ1n) is 7.90. The highest BCUT2D eigenvalue weighted by Crippen LogP contribution is 2.26. The SMILES string of the molecule is CN(C(=O)c1cnc(CC(C)(C)C)s1)c1nc2ccccc2n1C. The maximum Gasteiger partial charge on any atom is 0.272 e. The molecule has 5 nitrogen and oxygen atoms in total. The molecule has 0 aliphatic heterocycles. The second-order valence-electron chi connectivity index (χ2n) is 7.18. The largest absolute Gasteiger partial charge is 0.313 e. The lowest BCUT2D eigenvalue weighted by Crippen LogP contribution is -2.28. The molecule has 6 heteroatoms. The van der Waals surface area contributed by atoms with E-state index in [0.717, 1.165) is 22.5 Å². The van der Waals surface area contributed by atoms with Crippen LogP contribution in [0.25, 0.3) is 11.0 Å². The van der Waals surface area contributed by atoms with Crippen LogP contribution in [0.2, 0.25) is 0 Å². The Morgan fingerprint density at radius 3 is 2.67 bits per heavy atom. The monoisotopic (exact) mass is 342 g/mol. The highest BCUT2D eigenvalue weighted by molar-refractivity contribution is 7.13. The molecular weight excluding hydrogens is 320 g/mol. The van der Waals surface area contributed by atoms with Crippen molar-refractivity contribution >= 4 is 34.2 Å². The maximum atomic E-state index is 12.8. The molecule has 0 atom stereocenters. The molecule has 0 aliphatic rings. The number of fused-ring (bicyclic) bond motifs is 1. The van der Waals surface area contributed by atoms with Gasteiger partial charge in [0.25, 0.3) is 5.91 Å². The van der Waals surface area contributed by atoms with Gasteiger partial charge in [0.05, 0.1) is 22.2 Å². The van der Waals surface area contributed by atoms with E-state index >= 15 is 0 Å². The minimum atomic E-state index is -0.0777. The molecule has 3 aromatic rings. The number of imidazole rings is 1. The van der Waals surface area contributed by atoms with Crippen molar-refractivity contribution in [2.24, 2.45) is 12.5 Å². The smallest absolute Gasteiger partial charge is 0.272 e. The first-order valence-corrected chi connectivity index (χ1v) is 8.72. The second kappa shape index (κ2) is 6.02. The fourth-order valence-corrected chi connectivity index (χ4v) is 3.83. The number of aromatic nitrogens is 3. The molecule has 0 saturated heterocycles. The van der Waals surface area contributed by atoms with Gasteiger partial charge in [-0.1, -0.05) is 32.9 Å². The number of benzene rings is 1. The number of rotatable bonds is 3. The van der Waals surface area contributed by atoms with Crippen molar-refractivity contribution in [1.29, 1.82) is 0 Å². The number of hydrogen-bond donors (Lipinski definition) is 0. The number of thiazole rings is 1. The molecule has 0 N–H and O–H groups in total. The quantitative estimate of drug-likeness (QED) is 0.725. The van der Waals surface area contributed by atoms with Crippen molar-refractivity contribution in [1.82, 2.24) is 14.5 Å². The molecule has 1 amide bonds. The topological polar surface area (TPSA) is 51.0 Å². The van der Waals surface area contributed by atoms with Gasteiger partial charge in [-0.25, -0.2) is 9.97 Å². The minimum Gasteiger partial charge on any atom is -0.313 e. The summed E-state index contributed by atoms with van der Waals surface area (Å²) in [7, 11) is 3.68. The van der Waals surface area contributed by atoms with E-state index in [4.69, 9.17) is 0 Å². The Morgan fingerprint density at radius 1 is 1.29 bits per heavy atom. The summed E-state index contributed by atoms with van der Waals surface area (Å²) in [6.45, 7) is 6.50. The fraction of sp³-hybridized carbons (Fsp3) is 0.389. The van der Waals surface area contributed by atoms with Crippen LogP contribution in [0.5, 0.6) is 0 Å². The third-order valence-corrected chi connectivity index (χ3v) is 4.80. The first-order chi connectivity index (χ1) is 11.3. The Labute approximate surface area is 146 Å². The number of anilines is 1. The van der Waals surface area contributed by atoms with Crippen molar-refractivity contribution < 1.29 is 4.79 Å². The average molecular weight is 342 g/mol. The van der Waals surface area contributed by atoms with Crippen LogP contribution < -0.4 is 4.90 Å². The van der Waals surface area contributed by atoms with E-state index in [1.807, 2.05) is 35.9 Å². The molecule has 0 aliphatic carbocycles. The van der Waals surface area contributed by atoms with Crippen molar-refractivity contribution in [2.75, 3.05) is 11.9 Å². The van der Waals surface area contributed by atoms with E-state index in [-0.39, 0.29) is 11.3 Å². The number of hydrogen-bond acceptors (Lipinski definition) is 4. The lowest BCUT2D eigenvalue weighted by Gasteiger charge is -2.16. The molecule has 0 saturated carbocycles. The molecular formula is C18H22N4OS. The molecule has 126 valence electrons. The zero-order chi connectivity index (χ0) is 17.5. The number of para-hydroxylation sites is 2. The van der Waals surface area contributed by atoms with Crippen LogP contribution in [0.1, 0.15) is 35.5 Å². The van der Waals surface area contributed by atoms with Gasteiger partial charge in [-0.05, 0) is 17.5 Å². The molecule has 0 fully saturated rings. The number of carbonyl (C=O) groups is 1. The summed E-state index contributed by atoms with van der Waals surface area (Å²) in [5, 5.41) is 0.990. The number of amides is 1. The third-order valence-electron chi connectivity index (χ3n) is 3.81. The summed E-state index contributed by atoms with van der Waals surface area (Å²) in [6, 6.07) is 7.87. The van der Waals surface area contributed by atoms with Crippen LogP contribution in [-0.2, 0) is 13.5 Å². The maximum absolute atomic E-state index is 12.8. The Balaban J connectivity index is 1.87. The summed E-state index contributed by atoms with van der Waals surface area (Å²) in [5.41, 5.74) is 2.04. The Bertz CT molecular complexity index is 888. The van der Waals surface area contributed by atoms with E-state index in [9.17, 15) is 4.79 Å². The van der Waals surface area contributed by atoms with Crippen LogP contribution in [-0.4, -0.2) is 27.5 Å². The highest BCUT2D eigenvalue weighted by Gasteiger charge is 2.22. The second-order valence-corrected chi connectivity index (χ2v) is 8.29. The number of nitrogens with zero attached hydrogens (tertiary/aromatic N) is 4. The average Bonchev–Trinajstić information content (AvgIpc) is 3.10. The van der Waals surface area contributed by atoms with E-state index < -0.39 is 0 Å². The van der Waals surface area contributed by atoms with Gasteiger partial charge in [0.1, 0.15) is 4.88 Å². The summed E-state index contributed by atoms with van der Waals surface area (Å²) >= 11 is 1.46. The van der Waals surface area contributed by atoms with Crippen LogP contribution in [0.3, 0.4) is 0 Å². The molecule has 0 bridgehead atoms. The van der Waals surface area contributed by atoms with Gasteiger partial charge in [-0.15, -0.1) is 11.3 Å². The standard InChI is InChI=1S/C18H22N4OS/c1-18(2,3)10-15-19-11-14(24-15)16(23)22(5)17-20-12-8-6-7-9-13(12)21(17)4/h6-9,11H,10H2,1-5H3. The molecule has 3 rings (SSSR count). The first kappa shape index (κ1) is 16.6. The molecule has 1 aromatic carbocycles. The Kier molecular flexibility index (Phi) is 4.17. The fourth-order valence-electron chi connectivity index (χ4n) is 2.63. The normalized spacial score (nSPS) is 11.9. The summed E-state index contributed by atoms with van der Waals surface area (Å²) in [5.74, 6) is 0.554. The summed E-state index contributed by atoms with van der Waals surface area (Å²) in [4.78, 5) is 24.0. The Morgan fingerprint density at radius 2 is 2.00 bits per heavy atom. The number of aryl methyl sites for hydroxylation is 1. The number of carbonyl (C=O) groups excluding carboxylic acids is 1. The summed E-state index contributed by atoms with van der Waals surface area (Å²) < 4.78 is 1.93. The van der Waals surface area contributed by atoms with Crippen LogP contribution >= 0.6 is 11.3 Å². The van der Waals surface area contributed by atoms with Gasteiger partial charge in [0.2, 0.25) is 5.95 Å². The van der Waals surface area contributed by atoms with Crippen LogP contribution in [0, 0.1) is 5.41 Å². The Hall–Kier alpha value is -2.21. The predicted octanol–water partition coefficient (Wildman–Crippen LogP) is 3.90. The van der Waals surface area contributed by atoms with Crippen molar-refractivity contribution in [3.8, 4) is 0 Å². The molecule has 0 radical (unpaired) electrons. The van der Waals surface area contributed by atoms with Gasteiger partial charge in [-0.3, -0.25) is 9.69 Å². The van der Waals surface area contributed by atoms with Gasteiger partial charge >= 0.3 is 0 Å². The predicted molar refractivity (Wildman–Crippen MR) is 98.7 cm³/mol. The molecule has 2 aromatic heterocycles. The van der Waals surface area contributed by atoms with Crippen LogP contribution in [0.15, 0.2) is 30.5 Å². The molecule has 24 heavy (non-hydrogen) atoms. The van der Waals surface area contributed by atoms with Gasteiger partial charge in [0, 0.05) is 20.5 Å². The highest BCUT2D eigenvalue weighted by atomic mass is 32.1. The van der Waals surface area contributed by atoms with E-state index in [1.165, 1.54) is 11.3 Å². The van der Waals surface area contributed by atoms with Gasteiger partial charge in [0.15, 0.2) is 0 Å². The van der Waals surface area contributed by atoms with Crippen molar-refractivity contribution in [3.05, 3.63) is 40.3 Å². The third kappa shape index (κ3) is 3.19. The van der Waals surface area contributed by atoms with Crippen molar-refractivity contribution in [3.63, 3.8) is 0 Å². The molecule has 0 unspecified atom stereocenters. The summed E-state index contributed by atoms with van der Waals surface area (Å²) in [6.07, 6.45) is 2.54. The van der Waals surface area contributed by atoms with E-state index in [0.29, 0.717) is 10.8 Å². The molecule has 2 heterocycles. The van der Waals surface area contributed by atoms with Crippen molar-refractivity contribution in [2.45, 2.75) is 27.2 Å². The van der Waals surface area contributed by atoms with Gasteiger partial charge in [-0.2, -0.15) is 0 Å².